The van der Waals surface area contributed by atoms with Crippen molar-refractivity contribution >= 4 is 31.7 Å². The first-order valence-electron chi connectivity index (χ1n) is 6.66. The van der Waals surface area contributed by atoms with E-state index in [9.17, 15) is 17.9 Å². The minimum Gasteiger partial charge on any atom is -0.507 e. The summed E-state index contributed by atoms with van der Waals surface area (Å²) in [7, 11) is -3.85. The molecule has 0 aliphatic heterocycles. The van der Waals surface area contributed by atoms with Gasteiger partial charge in [0.2, 0.25) is 0 Å². The summed E-state index contributed by atoms with van der Waals surface area (Å²) < 4.78 is 38.4. The van der Waals surface area contributed by atoms with Crippen LogP contribution in [0.15, 0.2) is 56.9 Å². The maximum Gasteiger partial charge on any atom is 0.276 e. The molecule has 0 spiro atoms. The number of hydrogen-bond donors (Lipinski definition) is 2. The van der Waals surface area contributed by atoms with Crippen LogP contribution in [0.2, 0.25) is 0 Å². The number of hydrogen-bond acceptors (Lipinski definition) is 4. The highest BCUT2D eigenvalue weighted by Crippen LogP contribution is 2.20. The molecule has 2 N–H and O–H groups in total. The van der Waals surface area contributed by atoms with E-state index in [1.807, 2.05) is 0 Å². The van der Waals surface area contributed by atoms with Gasteiger partial charge in [0, 0.05) is 10.0 Å². The van der Waals surface area contributed by atoms with Gasteiger partial charge in [0.1, 0.15) is 11.6 Å². The number of halogens is 2. The van der Waals surface area contributed by atoms with Crippen LogP contribution in [0.5, 0.6) is 5.75 Å². The van der Waals surface area contributed by atoms with E-state index in [2.05, 4.69) is 25.9 Å². The molecule has 0 saturated carbocycles. The van der Waals surface area contributed by atoms with Crippen LogP contribution in [0.1, 0.15) is 18.9 Å². The Labute approximate surface area is 142 Å². The maximum absolute atomic E-state index is 13.3. The molecule has 0 fully saturated rings. The van der Waals surface area contributed by atoms with Crippen LogP contribution in [-0.2, 0) is 10.0 Å². The van der Waals surface area contributed by atoms with Crippen molar-refractivity contribution < 1.29 is 17.9 Å². The van der Waals surface area contributed by atoms with Crippen molar-refractivity contribution in [1.29, 1.82) is 0 Å². The molecular formula is C15H14BrFN2O3S. The molecule has 0 heterocycles. The molecule has 122 valence electrons. The predicted octanol–water partition coefficient (Wildman–Crippen LogP) is 3.39. The monoisotopic (exact) mass is 400 g/mol. The van der Waals surface area contributed by atoms with E-state index in [1.54, 1.807) is 19.1 Å². The summed E-state index contributed by atoms with van der Waals surface area (Å²) in [5, 5.41) is 13.6. The van der Waals surface area contributed by atoms with Crippen LogP contribution < -0.4 is 4.83 Å². The first kappa shape index (κ1) is 17.4. The summed E-state index contributed by atoms with van der Waals surface area (Å²) in [4.78, 5) is 2.15. The Kier molecular flexibility index (Phi) is 5.38. The molecule has 0 unspecified atom stereocenters. The van der Waals surface area contributed by atoms with Crippen LogP contribution in [-0.4, -0.2) is 19.2 Å². The van der Waals surface area contributed by atoms with Crippen molar-refractivity contribution in [3.63, 3.8) is 0 Å². The zero-order chi connectivity index (χ0) is 17.0. The second-order valence-electron chi connectivity index (χ2n) is 4.62. The average Bonchev–Trinajstić information content (AvgIpc) is 2.51. The number of aromatic hydroxyl groups is 1. The lowest BCUT2D eigenvalue weighted by Crippen LogP contribution is -2.20. The zero-order valence-electron chi connectivity index (χ0n) is 12.1. The Morgan fingerprint density at radius 1 is 1.26 bits per heavy atom. The third-order valence-electron chi connectivity index (χ3n) is 3.03. The number of sulfonamides is 1. The maximum atomic E-state index is 13.3. The topological polar surface area (TPSA) is 78.8 Å². The molecule has 0 aliphatic carbocycles. The number of phenolic OH excluding ortho intramolecular Hbond substituents is 1. The van der Waals surface area contributed by atoms with Gasteiger partial charge in [-0.1, -0.05) is 22.9 Å². The van der Waals surface area contributed by atoms with Gasteiger partial charge >= 0.3 is 0 Å². The van der Waals surface area contributed by atoms with E-state index in [0.717, 1.165) is 16.6 Å². The third kappa shape index (κ3) is 4.29. The molecule has 0 radical (unpaired) electrons. The van der Waals surface area contributed by atoms with Crippen LogP contribution in [0.25, 0.3) is 0 Å². The second kappa shape index (κ2) is 7.10. The minimum atomic E-state index is -3.85. The fraction of sp³-hybridized carbons (Fsp3) is 0.133. The smallest absolute Gasteiger partial charge is 0.276 e. The fourth-order valence-corrected chi connectivity index (χ4v) is 2.95. The van der Waals surface area contributed by atoms with Crippen molar-refractivity contribution in [2.24, 2.45) is 5.10 Å². The summed E-state index contributed by atoms with van der Waals surface area (Å²) in [5.41, 5.74) is 0.369. The van der Waals surface area contributed by atoms with Gasteiger partial charge in [0.25, 0.3) is 10.0 Å². The molecular weight excluding hydrogens is 387 g/mol. The van der Waals surface area contributed by atoms with Crippen LogP contribution >= 0.6 is 15.9 Å². The standard InChI is InChI=1S/C15H14BrFN2O3S/c1-2-14(13-9-11(17)5-8-15(13)20)18-19-23(21,22)12-6-3-10(16)4-7-12/h3-9,19-20H,2H2,1H3. The molecule has 0 bridgehead atoms. The van der Waals surface area contributed by atoms with Gasteiger partial charge in [-0.15, -0.1) is 0 Å². The summed E-state index contributed by atoms with van der Waals surface area (Å²) in [6, 6.07) is 9.44. The van der Waals surface area contributed by atoms with Crippen LogP contribution in [0, 0.1) is 5.82 Å². The van der Waals surface area contributed by atoms with Gasteiger partial charge in [0.15, 0.2) is 0 Å². The fourth-order valence-electron chi connectivity index (χ4n) is 1.85. The van der Waals surface area contributed by atoms with Gasteiger partial charge in [-0.3, -0.25) is 0 Å². The van der Waals surface area contributed by atoms with Gasteiger partial charge in [-0.05, 0) is 48.9 Å². The Morgan fingerprint density at radius 3 is 2.52 bits per heavy atom. The Balaban J connectivity index is 2.32. The highest BCUT2D eigenvalue weighted by atomic mass is 79.9. The summed E-state index contributed by atoms with van der Waals surface area (Å²) in [5.74, 6) is -0.718. The molecule has 0 atom stereocenters. The molecule has 2 aromatic carbocycles. The summed E-state index contributed by atoms with van der Waals surface area (Å²) >= 11 is 3.22. The second-order valence-corrected chi connectivity index (χ2v) is 7.20. The molecule has 0 saturated heterocycles. The quantitative estimate of drug-likeness (QED) is 0.596. The van der Waals surface area contributed by atoms with Crippen molar-refractivity contribution in [3.8, 4) is 5.75 Å². The van der Waals surface area contributed by atoms with Gasteiger partial charge in [0.05, 0.1) is 10.6 Å². The van der Waals surface area contributed by atoms with E-state index >= 15 is 0 Å². The predicted molar refractivity (Wildman–Crippen MR) is 89.4 cm³/mol. The Morgan fingerprint density at radius 2 is 1.91 bits per heavy atom. The molecule has 2 rings (SSSR count). The first-order valence-corrected chi connectivity index (χ1v) is 8.94. The molecule has 0 aliphatic rings. The van der Waals surface area contributed by atoms with Crippen LogP contribution in [0.3, 0.4) is 0 Å². The van der Waals surface area contributed by atoms with Crippen molar-refractivity contribution in [2.45, 2.75) is 18.2 Å². The Bertz CT molecular complexity index is 836. The lowest BCUT2D eigenvalue weighted by Gasteiger charge is -2.09. The molecule has 5 nitrogen and oxygen atoms in total. The summed E-state index contributed by atoms with van der Waals surface area (Å²) in [6.07, 6.45) is 0.305. The van der Waals surface area contributed by atoms with E-state index in [1.165, 1.54) is 18.2 Å². The van der Waals surface area contributed by atoms with Crippen molar-refractivity contribution in [2.75, 3.05) is 0 Å². The molecule has 0 aromatic heterocycles. The van der Waals surface area contributed by atoms with Crippen LogP contribution in [0.4, 0.5) is 4.39 Å². The largest absolute Gasteiger partial charge is 0.507 e. The number of nitrogens with zero attached hydrogens (tertiary/aromatic N) is 1. The number of nitrogens with one attached hydrogen (secondary N) is 1. The zero-order valence-corrected chi connectivity index (χ0v) is 14.5. The lowest BCUT2D eigenvalue weighted by molar-refractivity contribution is 0.471. The van der Waals surface area contributed by atoms with Gasteiger partial charge < -0.3 is 5.11 Å². The van der Waals surface area contributed by atoms with E-state index < -0.39 is 15.8 Å². The highest BCUT2D eigenvalue weighted by Gasteiger charge is 2.14. The number of phenols is 1. The average molecular weight is 401 g/mol. The normalized spacial score (nSPS) is 12.2. The van der Waals surface area contributed by atoms with E-state index in [4.69, 9.17) is 0 Å². The summed E-state index contributed by atoms with van der Waals surface area (Å²) in [6.45, 7) is 1.72. The van der Waals surface area contributed by atoms with Crippen molar-refractivity contribution in [1.82, 2.24) is 4.83 Å². The van der Waals surface area contributed by atoms with E-state index in [0.29, 0.717) is 6.42 Å². The van der Waals surface area contributed by atoms with Crippen molar-refractivity contribution in [3.05, 3.63) is 58.3 Å². The molecule has 8 heteroatoms. The number of hydrazone groups is 1. The molecule has 23 heavy (non-hydrogen) atoms. The SMILES string of the molecule is CCC(=NNS(=O)(=O)c1ccc(Br)cc1)c1cc(F)ccc1O. The first-order chi connectivity index (χ1) is 10.8. The van der Waals surface area contributed by atoms with E-state index in [-0.39, 0.29) is 21.9 Å². The van der Waals surface area contributed by atoms with Gasteiger partial charge in [-0.25, -0.2) is 4.39 Å². The third-order valence-corrected chi connectivity index (χ3v) is 4.78. The number of rotatable bonds is 5. The Hall–Kier alpha value is -1.93. The van der Waals surface area contributed by atoms with Gasteiger partial charge in [-0.2, -0.15) is 18.4 Å². The minimum absolute atomic E-state index is 0.0448. The molecule has 0 amide bonds. The highest BCUT2D eigenvalue weighted by molar-refractivity contribution is 9.10. The lowest BCUT2D eigenvalue weighted by atomic mass is 10.1. The number of benzene rings is 2. The molecule has 2 aromatic rings.